The molecule has 0 saturated carbocycles. The summed E-state index contributed by atoms with van der Waals surface area (Å²) in [4.78, 5) is 4.28. The Morgan fingerprint density at radius 2 is 2.05 bits per heavy atom. The molecule has 1 N–H and O–H groups in total. The lowest BCUT2D eigenvalue weighted by molar-refractivity contribution is 0.613. The van der Waals surface area contributed by atoms with Crippen LogP contribution in [0.5, 0.6) is 0 Å². The van der Waals surface area contributed by atoms with Crippen molar-refractivity contribution in [1.82, 2.24) is 4.98 Å². The third kappa shape index (κ3) is 3.23. The molecular weight excluding hydrogens is 307 g/mol. The Labute approximate surface area is 131 Å². The summed E-state index contributed by atoms with van der Waals surface area (Å²) in [6.45, 7) is 0.340. The predicted octanol–water partition coefficient (Wildman–Crippen LogP) is 5.21. The molecule has 0 aliphatic rings. The van der Waals surface area contributed by atoms with E-state index in [1.54, 1.807) is 29.7 Å². The van der Waals surface area contributed by atoms with Crippen molar-refractivity contribution < 1.29 is 4.39 Å². The van der Waals surface area contributed by atoms with Crippen molar-refractivity contribution in [3.05, 3.63) is 70.4 Å². The standard InChI is InChI=1S/C16H12ClFN2S/c17-14-5-2-6-15(18)13(14)10-20-12-4-1-3-11(9-12)16-19-7-8-21-16/h1-9,20H,10H2. The van der Waals surface area contributed by atoms with Gasteiger partial charge >= 0.3 is 0 Å². The molecule has 5 heteroatoms. The Bertz CT molecular complexity index is 724. The van der Waals surface area contributed by atoms with Crippen LogP contribution in [0.1, 0.15) is 5.56 Å². The predicted molar refractivity (Wildman–Crippen MR) is 86.3 cm³/mol. The Hall–Kier alpha value is -1.91. The van der Waals surface area contributed by atoms with Gasteiger partial charge in [-0.05, 0) is 24.3 Å². The van der Waals surface area contributed by atoms with Crippen LogP contribution in [0.4, 0.5) is 10.1 Å². The van der Waals surface area contributed by atoms with Crippen LogP contribution < -0.4 is 5.32 Å². The minimum absolute atomic E-state index is 0.300. The van der Waals surface area contributed by atoms with Crippen LogP contribution in [0.2, 0.25) is 5.02 Å². The van der Waals surface area contributed by atoms with E-state index in [0.717, 1.165) is 16.3 Å². The summed E-state index contributed by atoms with van der Waals surface area (Å²) < 4.78 is 13.7. The summed E-state index contributed by atoms with van der Waals surface area (Å²) in [6, 6.07) is 12.6. The highest BCUT2D eigenvalue weighted by atomic mass is 35.5. The van der Waals surface area contributed by atoms with Crippen molar-refractivity contribution in [3.63, 3.8) is 0 Å². The molecule has 3 rings (SSSR count). The minimum atomic E-state index is -0.300. The second kappa shape index (κ2) is 6.24. The van der Waals surface area contributed by atoms with E-state index in [2.05, 4.69) is 10.3 Å². The first-order chi connectivity index (χ1) is 10.2. The van der Waals surface area contributed by atoms with Crippen molar-refractivity contribution >= 4 is 28.6 Å². The Morgan fingerprint density at radius 3 is 2.81 bits per heavy atom. The Balaban J connectivity index is 1.78. The summed E-state index contributed by atoms with van der Waals surface area (Å²) in [7, 11) is 0. The van der Waals surface area contributed by atoms with E-state index < -0.39 is 0 Å². The van der Waals surface area contributed by atoms with E-state index in [9.17, 15) is 4.39 Å². The van der Waals surface area contributed by atoms with Gasteiger partial charge in [0, 0.05) is 40.0 Å². The molecule has 3 aromatic rings. The number of aromatic nitrogens is 1. The van der Waals surface area contributed by atoms with Crippen LogP contribution in [-0.2, 0) is 6.54 Å². The molecule has 0 fully saturated rings. The zero-order valence-electron chi connectivity index (χ0n) is 11.0. The summed E-state index contributed by atoms with van der Waals surface area (Å²) in [6.07, 6.45) is 1.78. The molecule has 0 bridgehead atoms. The lowest BCUT2D eigenvalue weighted by Gasteiger charge is -2.10. The van der Waals surface area contributed by atoms with Gasteiger partial charge in [-0.2, -0.15) is 0 Å². The summed E-state index contributed by atoms with van der Waals surface area (Å²) >= 11 is 7.60. The maximum Gasteiger partial charge on any atom is 0.129 e. The topological polar surface area (TPSA) is 24.9 Å². The largest absolute Gasteiger partial charge is 0.381 e. The van der Waals surface area contributed by atoms with E-state index in [1.807, 2.05) is 29.6 Å². The first-order valence-corrected chi connectivity index (χ1v) is 7.66. The van der Waals surface area contributed by atoms with Gasteiger partial charge in [-0.1, -0.05) is 29.8 Å². The van der Waals surface area contributed by atoms with E-state index in [-0.39, 0.29) is 5.82 Å². The summed E-state index contributed by atoms with van der Waals surface area (Å²) in [5, 5.41) is 6.53. The van der Waals surface area contributed by atoms with E-state index in [0.29, 0.717) is 17.1 Å². The fourth-order valence-electron chi connectivity index (χ4n) is 2.02. The van der Waals surface area contributed by atoms with Crippen molar-refractivity contribution in [3.8, 4) is 10.6 Å². The molecule has 0 aliphatic carbocycles. The van der Waals surface area contributed by atoms with Crippen molar-refractivity contribution in [2.75, 3.05) is 5.32 Å². The maximum absolute atomic E-state index is 13.7. The van der Waals surface area contributed by atoms with E-state index in [1.165, 1.54) is 6.07 Å². The average molecular weight is 319 g/mol. The Kier molecular flexibility index (Phi) is 4.18. The van der Waals surface area contributed by atoms with Gasteiger partial charge < -0.3 is 5.32 Å². The molecule has 0 amide bonds. The number of anilines is 1. The third-order valence-electron chi connectivity index (χ3n) is 3.07. The molecule has 1 aromatic heterocycles. The first-order valence-electron chi connectivity index (χ1n) is 6.41. The van der Waals surface area contributed by atoms with Gasteiger partial charge in [0.2, 0.25) is 0 Å². The van der Waals surface area contributed by atoms with Gasteiger partial charge in [-0.3, -0.25) is 0 Å². The fourth-order valence-corrected chi connectivity index (χ4v) is 2.89. The average Bonchev–Trinajstić information content (AvgIpc) is 3.01. The quantitative estimate of drug-likeness (QED) is 0.714. The smallest absolute Gasteiger partial charge is 0.129 e. The highest BCUT2D eigenvalue weighted by Crippen LogP contribution is 2.25. The molecule has 0 unspecified atom stereocenters. The van der Waals surface area contributed by atoms with Crippen LogP contribution in [0.15, 0.2) is 54.0 Å². The Morgan fingerprint density at radius 1 is 1.19 bits per heavy atom. The summed E-state index contributed by atoms with van der Waals surface area (Å²) in [5.41, 5.74) is 2.41. The van der Waals surface area contributed by atoms with Gasteiger partial charge in [0.05, 0.1) is 0 Å². The van der Waals surface area contributed by atoms with Gasteiger partial charge in [0.25, 0.3) is 0 Å². The number of hydrogen-bond acceptors (Lipinski definition) is 3. The van der Waals surface area contributed by atoms with E-state index >= 15 is 0 Å². The van der Waals surface area contributed by atoms with Gasteiger partial charge in [0.1, 0.15) is 10.8 Å². The molecule has 21 heavy (non-hydrogen) atoms. The molecular formula is C16H12ClFN2S. The van der Waals surface area contributed by atoms with Crippen molar-refractivity contribution in [1.29, 1.82) is 0 Å². The zero-order chi connectivity index (χ0) is 14.7. The normalized spacial score (nSPS) is 10.6. The maximum atomic E-state index is 13.7. The number of nitrogens with one attached hydrogen (secondary N) is 1. The molecule has 106 valence electrons. The van der Waals surface area contributed by atoms with Gasteiger partial charge in [0.15, 0.2) is 0 Å². The molecule has 0 radical (unpaired) electrons. The number of benzene rings is 2. The molecule has 0 aliphatic heterocycles. The molecule has 0 spiro atoms. The van der Waals surface area contributed by atoms with Crippen LogP contribution in [0.3, 0.4) is 0 Å². The second-order valence-corrected chi connectivity index (χ2v) is 5.77. The van der Waals surface area contributed by atoms with Crippen molar-refractivity contribution in [2.45, 2.75) is 6.54 Å². The SMILES string of the molecule is Fc1cccc(Cl)c1CNc1cccc(-c2nccs2)c1. The molecule has 2 nitrogen and oxygen atoms in total. The number of halogens is 2. The lowest BCUT2D eigenvalue weighted by atomic mass is 10.2. The van der Waals surface area contributed by atoms with Gasteiger partial charge in [-0.25, -0.2) is 9.37 Å². The van der Waals surface area contributed by atoms with Gasteiger partial charge in [-0.15, -0.1) is 11.3 Å². The monoisotopic (exact) mass is 318 g/mol. The lowest BCUT2D eigenvalue weighted by Crippen LogP contribution is -2.02. The summed E-state index contributed by atoms with van der Waals surface area (Å²) in [5.74, 6) is -0.300. The number of hydrogen-bond donors (Lipinski definition) is 1. The number of nitrogens with zero attached hydrogens (tertiary/aromatic N) is 1. The van der Waals surface area contributed by atoms with Crippen LogP contribution >= 0.6 is 22.9 Å². The van der Waals surface area contributed by atoms with Crippen molar-refractivity contribution in [2.24, 2.45) is 0 Å². The third-order valence-corrected chi connectivity index (χ3v) is 4.25. The number of rotatable bonds is 4. The molecule has 0 saturated heterocycles. The fraction of sp³-hybridized carbons (Fsp3) is 0.0625. The second-order valence-electron chi connectivity index (χ2n) is 4.47. The molecule has 1 heterocycles. The highest BCUT2D eigenvalue weighted by molar-refractivity contribution is 7.13. The zero-order valence-corrected chi connectivity index (χ0v) is 12.6. The number of thiazole rings is 1. The minimum Gasteiger partial charge on any atom is -0.381 e. The van der Waals surface area contributed by atoms with E-state index in [4.69, 9.17) is 11.6 Å². The first kappa shape index (κ1) is 14.0. The van der Waals surface area contributed by atoms with Crippen LogP contribution in [0.25, 0.3) is 10.6 Å². The highest BCUT2D eigenvalue weighted by Gasteiger charge is 2.07. The molecule has 0 atom stereocenters. The van der Waals surface area contributed by atoms with Crippen LogP contribution in [0, 0.1) is 5.82 Å². The van der Waals surface area contributed by atoms with Crippen LogP contribution in [-0.4, -0.2) is 4.98 Å². The molecule has 2 aromatic carbocycles.